The molecule has 22 heavy (non-hydrogen) atoms. The molecule has 2 atom stereocenters. The fraction of sp³-hybridized carbons (Fsp3) is 0.611. The SMILES string of the molecule is CC(COCC(C=O)N1CCC(CO)CC1)c1ccccc1. The summed E-state index contributed by atoms with van der Waals surface area (Å²) in [5.74, 6) is 0.719. The highest BCUT2D eigenvalue weighted by Crippen LogP contribution is 2.19. The molecule has 0 aliphatic carbocycles. The number of aldehydes is 1. The van der Waals surface area contributed by atoms with Crippen LogP contribution < -0.4 is 0 Å². The number of aliphatic hydroxyl groups is 1. The maximum absolute atomic E-state index is 11.3. The van der Waals surface area contributed by atoms with Crippen LogP contribution in [0.5, 0.6) is 0 Å². The largest absolute Gasteiger partial charge is 0.396 e. The molecule has 1 aliphatic rings. The van der Waals surface area contributed by atoms with Gasteiger partial charge in [0.2, 0.25) is 0 Å². The van der Waals surface area contributed by atoms with Crippen molar-refractivity contribution in [2.24, 2.45) is 5.92 Å². The number of nitrogens with zero attached hydrogens (tertiary/aromatic N) is 1. The summed E-state index contributed by atoms with van der Waals surface area (Å²) in [6, 6.07) is 10.1. The summed E-state index contributed by atoms with van der Waals surface area (Å²) in [5.41, 5.74) is 1.26. The molecule has 0 radical (unpaired) electrons. The first-order valence-electron chi connectivity index (χ1n) is 8.17. The Morgan fingerprint density at radius 1 is 1.27 bits per heavy atom. The Kier molecular flexibility index (Phi) is 7.03. The number of aliphatic hydroxyl groups excluding tert-OH is 1. The second-order valence-electron chi connectivity index (χ2n) is 6.21. The molecule has 0 saturated carbocycles. The zero-order valence-corrected chi connectivity index (χ0v) is 13.4. The summed E-state index contributed by atoms with van der Waals surface area (Å²) in [6.07, 6.45) is 2.91. The lowest BCUT2D eigenvalue weighted by molar-refractivity contribution is -0.115. The number of ether oxygens (including phenoxy) is 1. The van der Waals surface area contributed by atoms with Gasteiger partial charge < -0.3 is 14.6 Å². The maximum atomic E-state index is 11.3. The van der Waals surface area contributed by atoms with E-state index in [-0.39, 0.29) is 12.6 Å². The quantitative estimate of drug-likeness (QED) is 0.747. The average Bonchev–Trinajstić information content (AvgIpc) is 2.59. The molecule has 122 valence electrons. The molecule has 4 heteroatoms. The van der Waals surface area contributed by atoms with E-state index in [1.54, 1.807) is 0 Å². The van der Waals surface area contributed by atoms with E-state index in [0.717, 1.165) is 32.2 Å². The van der Waals surface area contributed by atoms with Crippen LogP contribution in [0.15, 0.2) is 30.3 Å². The minimum atomic E-state index is -0.164. The van der Waals surface area contributed by atoms with Crippen LogP contribution in [0.25, 0.3) is 0 Å². The Bertz CT molecular complexity index is 429. The van der Waals surface area contributed by atoms with Crippen LogP contribution in [0.2, 0.25) is 0 Å². The summed E-state index contributed by atoms with van der Waals surface area (Å²) in [5, 5.41) is 9.17. The molecular weight excluding hydrogens is 278 g/mol. The van der Waals surface area contributed by atoms with Gasteiger partial charge in [-0.3, -0.25) is 4.90 Å². The van der Waals surface area contributed by atoms with Crippen LogP contribution in [0.1, 0.15) is 31.2 Å². The van der Waals surface area contributed by atoms with Crippen molar-refractivity contribution in [2.75, 3.05) is 32.9 Å². The van der Waals surface area contributed by atoms with Crippen molar-refractivity contribution in [3.63, 3.8) is 0 Å². The number of hydrogen-bond acceptors (Lipinski definition) is 4. The van der Waals surface area contributed by atoms with Gasteiger partial charge in [0.25, 0.3) is 0 Å². The number of benzene rings is 1. The Labute approximate surface area is 133 Å². The molecule has 0 bridgehead atoms. The van der Waals surface area contributed by atoms with Gasteiger partial charge >= 0.3 is 0 Å². The van der Waals surface area contributed by atoms with Crippen LogP contribution in [0.4, 0.5) is 0 Å². The van der Waals surface area contributed by atoms with Gasteiger partial charge in [-0.1, -0.05) is 37.3 Å². The van der Waals surface area contributed by atoms with Gasteiger partial charge in [-0.2, -0.15) is 0 Å². The minimum Gasteiger partial charge on any atom is -0.396 e. The predicted octanol–water partition coefficient (Wildman–Crippen LogP) is 2.08. The first kappa shape index (κ1) is 17.1. The van der Waals surface area contributed by atoms with Gasteiger partial charge in [0.05, 0.1) is 19.3 Å². The van der Waals surface area contributed by atoms with Crippen LogP contribution >= 0.6 is 0 Å². The van der Waals surface area contributed by atoms with E-state index in [1.807, 2.05) is 18.2 Å². The van der Waals surface area contributed by atoms with Crippen LogP contribution in [0, 0.1) is 5.92 Å². The van der Waals surface area contributed by atoms with E-state index in [4.69, 9.17) is 4.74 Å². The number of carbonyl (C=O) groups excluding carboxylic acids is 1. The summed E-state index contributed by atoms with van der Waals surface area (Å²) >= 11 is 0. The maximum Gasteiger partial charge on any atom is 0.139 e. The minimum absolute atomic E-state index is 0.164. The highest BCUT2D eigenvalue weighted by Gasteiger charge is 2.24. The second kappa shape index (κ2) is 9.03. The van der Waals surface area contributed by atoms with E-state index < -0.39 is 0 Å². The van der Waals surface area contributed by atoms with Gasteiger partial charge in [-0.25, -0.2) is 0 Å². The van der Waals surface area contributed by atoms with E-state index in [2.05, 4.69) is 24.0 Å². The van der Waals surface area contributed by atoms with Crippen LogP contribution in [-0.2, 0) is 9.53 Å². The zero-order valence-electron chi connectivity index (χ0n) is 13.4. The first-order valence-corrected chi connectivity index (χ1v) is 8.17. The molecule has 1 aromatic carbocycles. The summed E-state index contributed by atoms with van der Waals surface area (Å²) in [4.78, 5) is 13.5. The van der Waals surface area contributed by atoms with Crippen molar-refractivity contribution >= 4 is 6.29 Å². The molecule has 1 N–H and O–H groups in total. The third-order valence-electron chi connectivity index (χ3n) is 4.56. The molecule has 1 aliphatic heterocycles. The predicted molar refractivity (Wildman–Crippen MR) is 86.9 cm³/mol. The first-order chi connectivity index (χ1) is 10.7. The van der Waals surface area contributed by atoms with Crippen LogP contribution in [0.3, 0.4) is 0 Å². The van der Waals surface area contributed by atoms with Crippen molar-refractivity contribution in [2.45, 2.75) is 31.7 Å². The Balaban J connectivity index is 1.73. The van der Waals surface area contributed by atoms with Crippen LogP contribution in [-0.4, -0.2) is 55.2 Å². The van der Waals surface area contributed by atoms with Gasteiger partial charge in [0, 0.05) is 12.5 Å². The summed E-state index contributed by atoms with van der Waals surface area (Å²) in [6.45, 7) is 5.20. The van der Waals surface area contributed by atoms with E-state index in [1.165, 1.54) is 5.56 Å². The monoisotopic (exact) mass is 305 g/mol. The van der Waals surface area contributed by atoms with Gasteiger partial charge in [0.1, 0.15) is 6.29 Å². The normalized spacial score (nSPS) is 19.7. The number of rotatable bonds is 8. The third kappa shape index (κ3) is 4.90. The Morgan fingerprint density at radius 2 is 1.95 bits per heavy atom. The molecule has 1 saturated heterocycles. The molecule has 0 spiro atoms. The van der Waals surface area contributed by atoms with E-state index in [9.17, 15) is 9.90 Å². The smallest absolute Gasteiger partial charge is 0.139 e. The summed E-state index contributed by atoms with van der Waals surface area (Å²) in [7, 11) is 0. The van der Waals surface area contributed by atoms with E-state index >= 15 is 0 Å². The van der Waals surface area contributed by atoms with Crippen molar-refractivity contribution in [1.82, 2.24) is 4.90 Å². The number of hydrogen-bond donors (Lipinski definition) is 1. The third-order valence-corrected chi connectivity index (χ3v) is 4.56. The Hall–Kier alpha value is -1.23. The Morgan fingerprint density at radius 3 is 2.55 bits per heavy atom. The van der Waals surface area contributed by atoms with Crippen molar-refractivity contribution in [3.8, 4) is 0 Å². The van der Waals surface area contributed by atoms with Gasteiger partial charge in [-0.05, 0) is 37.4 Å². The molecule has 0 aromatic heterocycles. The zero-order chi connectivity index (χ0) is 15.8. The molecule has 2 unspecified atom stereocenters. The lowest BCUT2D eigenvalue weighted by Crippen LogP contribution is -2.45. The van der Waals surface area contributed by atoms with Crippen molar-refractivity contribution in [3.05, 3.63) is 35.9 Å². The van der Waals surface area contributed by atoms with E-state index in [0.29, 0.717) is 25.0 Å². The molecule has 4 nitrogen and oxygen atoms in total. The standard InChI is InChI=1S/C18H27NO3/c1-15(17-5-3-2-4-6-17)13-22-14-18(12-21)19-9-7-16(11-20)8-10-19/h2-6,12,15-16,18,20H,7-11,13-14H2,1H3. The fourth-order valence-electron chi connectivity index (χ4n) is 2.94. The second-order valence-corrected chi connectivity index (χ2v) is 6.21. The topological polar surface area (TPSA) is 49.8 Å². The lowest BCUT2D eigenvalue weighted by Gasteiger charge is -2.34. The fourth-order valence-corrected chi connectivity index (χ4v) is 2.94. The highest BCUT2D eigenvalue weighted by atomic mass is 16.5. The molecule has 1 fully saturated rings. The molecule has 1 heterocycles. The lowest BCUT2D eigenvalue weighted by atomic mass is 9.97. The molecular formula is C18H27NO3. The van der Waals surface area contributed by atoms with Crippen molar-refractivity contribution in [1.29, 1.82) is 0 Å². The number of carbonyl (C=O) groups is 1. The molecule has 2 rings (SSSR count). The van der Waals surface area contributed by atoms with Crippen molar-refractivity contribution < 1.29 is 14.6 Å². The van der Waals surface area contributed by atoms with Gasteiger partial charge in [0.15, 0.2) is 0 Å². The summed E-state index contributed by atoms with van der Waals surface area (Å²) < 4.78 is 5.79. The molecule has 1 aromatic rings. The number of piperidine rings is 1. The van der Waals surface area contributed by atoms with Gasteiger partial charge in [-0.15, -0.1) is 0 Å². The molecule has 0 amide bonds. The average molecular weight is 305 g/mol. The highest BCUT2D eigenvalue weighted by molar-refractivity contribution is 5.57. The number of likely N-dealkylation sites (tertiary alicyclic amines) is 1.